The molecule has 0 bridgehead atoms. The van der Waals surface area contributed by atoms with Gasteiger partial charge in [-0.1, -0.05) is 0 Å². The Hall–Kier alpha value is -2.82. The Labute approximate surface area is 122 Å². The molecule has 2 rings (SSSR count). The maximum atomic E-state index is 12.4. The van der Waals surface area contributed by atoms with Gasteiger partial charge in [-0.25, -0.2) is 0 Å². The van der Waals surface area contributed by atoms with E-state index in [4.69, 9.17) is 10.5 Å². The topological polar surface area (TPSA) is 72.6 Å². The van der Waals surface area contributed by atoms with Gasteiger partial charge < -0.3 is 15.4 Å². The van der Waals surface area contributed by atoms with Crippen LogP contribution in [0.2, 0.25) is 0 Å². The van der Waals surface area contributed by atoms with Crippen LogP contribution in [0.25, 0.3) is 0 Å². The highest BCUT2D eigenvalue weighted by Crippen LogP contribution is 2.24. The molecule has 5 heteroatoms. The van der Waals surface area contributed by atoms with Crippen molar-refractivity contribution in [2.45, 2.75) is 0 Å². The molecule has 108 valence electrons. The van der Waals surface area contributed by atoms with Crippen molar-refractivity contribution in [3.05, 3.63) is 53.6 Å². The number of rotatable bonds is 5. The van der Waals surface area contributed by atoms with Gasteiger partial charge in [0.1, 0.15) is 5.75 Å². The highest BCUT2D eigenvalue weighted by atomic mass is 16.5. The first-order valence-corrected chi connectivity index (χ1v) is 6.33. The summed E-state index contributed by atoms with van der Waals surface area (Å²) in [6.45, 7) is 0. The molecule has 0 aliphatic rings. The molecule has 2 N–H and O–H groups in total. The summed E-state index contributed by atoms with van der Waals surface area (Å²) in [5.74, 6) is 0.340. The van der Waals surface area contributed by atoms with Crippen LogP contribution in [0.1, 0.15) is 15.9 Å². The molecule has 0 aliphatic carbocycles. The van der Waals surface area contributed by atoms with Crippen LogP contribution in [-0.2, 0) is 4.79 Å². The van der Waals surface area contributed by atoms with E-state index in [1.165, 1.54) is 12.0 Å². The standard InChI is InChI=1S/C16H16N2O3/c1-18(10-19)13-6-3-11(4-7-13)16(20)12-5-8-14(17)15(9-12)21-2/h3-10H,17H2,1-2H3. The summed E-state index contributed by atoms with van der Waals surface area (Å²) >= 11 is 0. The Kier molecular flexibility index (Phi) is 4.23. The third-order valence-corrected chi connectivity index (χ3v) is 3.19. The van der Waals surface area contributed by atoms with Crippen molar-refractivity contribution in [1.29, 1.82) is 0 Å². The van der Waals surface area contributed by atoms with E-state index in [1.807, 2.05) is 0 Å². The van der Waals surface area contributed by atoms with Crippen LogP contribution in [0.4, 0.5) is 11.4 Å². The van der Waals surface area contributed by atoms with Crippen molar-refractivity contribution in [3.8, 4) is 5.75 Å². The van der Waals surface area contributed by atoms with Crippen LogP contribution in [0, 0.1) is 0 Å². The number of carbonyl (C=O) groups excluding carboxylic acids is 2. The van der Waals surface area contributed by atoms with E-state index in [0.29, 0.717) is 29.0 Å². The molecular formula is C16H16N2O3. The fourth-order valence-corrected chi connectivity index (χ4v) is 1.93. The van der Waals surface area contributed by atoms with Crippen LogP contribution < -0.4 is 15.4 Å². The maximum Gasteiger partial charge on any atom is 0.213 e. The molecular weight excluding hydrogens is 268 g/mol. The van der Waals surface area contributed by atoms with E-state index in [9.17, 15) is 9.59 Å². The summed E-state index contributed by atoms with van der Waals surface area (Å²) < 4.78 is 5.11. The number of nitrogen functional groups attached to an aromatic ring is 1. The van der Waals surface area contributed by atoms with Crippen molar-refractivity contribution in [1.82, 2.24) is 0 Å². The number of methoxy groups -OCH3 is 1. The minimum Gasteiger partial charge on any atom is -0.495 e. The van der Waals surface area contributed by atoms with Gasteiger partial charge in [-0.05, 0) is 42.5 Å². The maximum absolute atomic E-state index is 12.4. The van der Waals surface area contributed by atoms with Crippen LogP contribution in [-0.4, -0.2) is 26.4 Å². The summed E-state index contributed by atoms with van der Waals surface area (Å²) in [7, 11) is 3.15. The van der Waals surface area contributed by atoms with Gasteiger partial charge in [0.05, 0.1) is 12.8 Å². The molecule has 0 aliphatic heterocycles. The number of nitrogens with two attached hydrogens (primary N) is 1. The van der Waals surface area contributed by atoms with Gasteiger partial charge >= 0.3 is 0 Å². The first-order valence-electron chi connectivity index (χ1n) is 6.33. The summed E-state index contributed by atoms with van der Waals surface area (Å²) in [6.07, 6.45) is 0.710. The number of carbonyl (C=O) groups is 2. The minimum atomic E-state index is -0.131. The lowest BCUT2D eigenvalue weighted by molar-refractivity contribution is -0.107. The van der Waals surface area contributed by atoms with Crippen molar-refractivity contribution in [3.63, 3.8) is 0 Å². The Balaban J connectivity index is 2.29. The zero-order valence-electron chi connectivity index (χ0n) is 11.9. The van der Waals surface area contributed by atoms with Crippen molar-refractivity contribution < 1.29 is 14.3 Å². The van der Waals surface area contributed by atoms with Crippen LogP contribution in [0.3, 0.4) is 0 Å². The zero-order chi connectivity index (χ0) is 15.4. The zero-order valence-corrected chi connectivity index (χ0v) is 11.9. The SMILES string of the molecule is COc1cc(C(=O)c2ccc(N(C)C=O)cc2)ccc1N. The summed E-state index contributed by atoms with van der Waals surface area (Å²) in [6, 6.07) is 11.7. The van der Waals surface area contributed by atoms with E-state index in [1.54, 1.807) is 49.5 Å². The number of ether oxygens (including phenoxy) is 1. The van der Waals surface area contributed by atoms with Gasteiger partial charge in [-0.3, -0.25) is 9.59 Å². The molecule has 0 atom stereocenters. The van der Waals surface area contributed by atoms with E-state index >= 15 is 0 Å². The van der Waals surface area contributed by atoms with Gasteiger partial charge in [-0.2, -0.15) is 0 Å². The number of ketones is 1. The van der Waals surface area contributed by atoms with Crippen LogP contribution >= 0.6 is 0 Å². The smallest absolute Gasteiger partial charge is 0.213 e. The molecule has 2 aromatic rings. The second-order valence-electron chi connectivity index (χ2n) is 4.55. The van der Waals surface area contributed by atoms with E-state index in [0.717, 1.165) is 5.69 Å². The van der Waals surface area contributed by atoms with Gasteiger partial charge in [0.25, 0.3) is 0 Å². The predicted molar refractivity (Wildman–Crippen MR) is 81.7 cm³/mol. The lowest BCUT2D eigenvalue weighted by Gasteiger charge is -2.11. The first-order chi connectivity index (χ1) is 10.1. The largest absolute Gasteiger partial charge is 0.495 e. The van der Waals surface area contributed by atoms with Gasteiger partial charge in [0.15, 0.2) is 5.78 Å². The monoisotopic (exact) mass is 284 g/mol. The molecule has 0 heterocycles. The first kappa shape index (κ1) is 14.6. The summed E-state index contributed by atoms with van der Waals surface area (Å²) in [5, 5.41) is 0. The molecule has 0 aromatic heterocycles. The molecule has 0 unspecified atom stereocenters. The van der Waals surface area contributed by atoms with Crippen molar-refractivity contribution >= 4 is 23.6 Å². The van der Waals surface area contributed by atoms with E-state index in [-0.39, 0.29) is 5.78 Å². The highest BCUT2D eigenvalue weighted by molar-refractivity contribution is 6.09. The van der Waals surface area contributed by atoms with Gasteiger partial charge in [0, 0.05) is 23.9 Å². The number of nitrogens with zero attached hydrogens (tertiary/aromatic N) is 1. The van der Waals surface area contributed by atoms with E-state index in [2.05, 4.69) is 0 Å². The highest BCUT2D eigenvalue weighted by Gasteiger charge is 2.12. The van der Waals surface area contributed by atoms with Crippen LogP contribution in [0.15, 0.2) is 42.5 Å². The Morgan fingerprint density at radius 1 is 1.14 bits per heavy atom. The lowest BCUT2D eigenvalue weighted by atomic mass is 10.0. The summed E-state index contributed by atoms with van der Waals surface area (Å²) in [5.41, 5.74) is 7.96. The number of benzene rings is 2. The fourth-order valence-electron chi connectivity index (χ4n) is 1.93. The molecule has 0 spiro atoms. The Morgan fingerprint density at radius 3 is 2.33 bits per heavy atom. The third kappa shape index (κ3) is 3.02. The number of anilines is 2. The Bertz CT molecular complexity index is 666. The van der Waals surface area contributed by atoms with Gasteiger partial charge in [-0.15, -0.1) is 0 Å². The second kappa shape index (κ2) is 6.09. The number of amides is 1. The van der Waals surface area contributed by atoms with Gasteiger partial charge in [0.2, 0.25) is 6.41 Å². The second-order valence-corrected chi connectivity index (χ2v) is 4.55. The number of hydrogen-bond donors (Lipinski definition) is 1. The fraction of sp³-hybridized carbons (Fsp3) is 0.125. The normalized spacial score (nSPS) is 10.0. The van der Waals surface area contributed by atoms with E-state index < -0.39 is 0 Å². The molecule has 1 amide bonds. The van der Waals surface area contributed by atoms with Crippen molar-refractivity contribution in [2.75, 3.05) is 24.8 Å². The Morgan fingerprint density at radius 2 is 1.76 bits per heavy atom. The van der Waals surface area contributed by atoms with Crippen molar-refractivity contribution in [2.24, 2.45) is 0 Å². The molecule has 2 aromatic carbocycles. The molecule has 0 radical (unpaired) electrons. The molecule has 0 saturated carbocycles. The average molecular weight is 284 g/mol. The number of hydrogen-bond acceptors (Lipinski definition) is 4. The van der Waals surface area contributed by atoms with Crippen LogP contribution in [0.5, 0.6) is 5.75 Å². The molecule has 21 heavy (non-hydrogen) atoms. The lowest BCUT2D eigenvalue weighted by Crippen LogP contribution is -2.13. The minimum absolute atomic E-state index is 0.131. The molecule has 5 nitrogen and oxygen atoms in total. The third-order valence-electron chi connectivity index (χ3n) is 3.19. The summed E-state index contributed by atoms with van der Waals surface area (Å²) in [4.78, 5) is 24.5. The quantitative estimate of drug-likeness (QED) is 0.518. The average Bonchev–Trinajstić information content (AvgIpc) is 2.54. The molecule has 0 saturated heterocycles. The predicted octanol–water partition coefficient (Wildman–Crippen LogP) is 2.10. The molecule has 0 fully saturated rings.